The zero-order chi connectivity index (χ0) is 16.8. The first kappa shape index (κ1) is 15.0. The Hall–Kier alpha value is -2.25. The van der Waals surface area contributed by atoms with Crippen molar-refractivity contribution >= 4 is 11.3 Å². The van der Waals surface area contributed by atoms with Gasteiger partial charge in [0.1, 0.15) is 22.1 Å². The van der Waals surface area contributed by atoms with Crippen molar-refractivity contribution in [2.75, 3.05) is 19.7 Å². The molecule has 6 nitrogen and oxygen atoms in total. The smallest absolute Gasteiger partial charge is 0.132 e. The van der Waals surface area contributed by atoms with Gasteiger partial charge in [-0.2, -0.15) is 0 Å². The van der Waals surface area contributed by atoms with Crippen molar-refractivity contribution in [2.24, 2.45) is 0 Å². The molecule has 128 valence electrons. The molecule has 25 heavy (non-hydrogen) atoms. The number of hydrogen-bond donors (Lipinski definition) is 1. The highest BCUT2D eigenvalue weighted by Crippen LogP contribution is 2.35. The number of nitrogens with one attached hydrogen (secondary N) is 1. The van der Waals surface area contributed by atoms with E-state index in [1.54, 1.807) is 11.3 Å². The Labute approximate surface area is 149 Å². The number of hydrogen-bond acceptors (Lipinski definition) is 6. The zero-order valence-corrected chi connectivity index (χ0v) is 14.8. The Morgan fingerprint density at radius 2 is 2.32 bits per heavy atom. The third kappa shape index (κ3) is 2.63. The van der Waals surface area contributed by atoms with Gasteiger partial charge in [-0.3, -0.25) is 0 Å². The summed E-state index contributed by atoms with van der Waals surface area (Å²) in [6.07, 6.45) is 4.10. The lowest BCUT2D eigenvalue weighted by atomic mass is 10.1. The van der Waals surface area contributed by atoms with E-state index in [0.717, 1.165) is 60.2 Å². The SMILES string of the molecule is Cc1sc(-c2ccc3c(c2)CCO3)nc1-c1cn(C2CCNC2)nn1. The number of fused-ring (bicyclic) bond motifs is 1. The van der Waals surface area contributed by atoms with Crippen LogP contribution in [0.5, 0.6) is 5.75 Å². The third-order valence-corrected chi connectivity index (χ3v) is 5.91. The van der Waals surface area contributed by atoms with Gasteiger partial charge in [0, 0.05) is 23.4 Å². The van der Waals surface area contributed by atoms with Gasteiger partial charge in [-0.25, -0.2) is 9.67 Å². The first-order valence-corrected chi connectivity index (χ1v) is 9.46. The molecule has 0 radical (unpaired) electrons. The summed E-state index contributed by atoms with van der Waals surface area (Å²) in [5, 5.41) is 13.1. The fourth-order valence-electron chi connectivity index (χ4n) is 3.51. The van der Waals surface area contributed by atoms with E-state index in [1.807, 2.05) is 10.9 Å². The molecule has 0 saturated carbocycles. The van der Waals surface area contributed by atoms with Gasteiger partial charge in [0.05, 0.1) is 18.8 Å². The van der Waals surface area contributed by atoms with Crippen LogP contribution in [0, 0.1) is 6.92 Å². The maximum atomic E-state index is 5.60. The average molecular weight is 353 g/mol. The van der Waals surface area contributed by atoms with Gasteiger partial charge >= 0.3 is 0 Å². The fourth-order valence-corrected chi connectivity index (χ4v) is 4.42. The standard InChI is InChI=1S/C18H19N5OS/c1-11-17(15-10-23(22-21-15)14-4-6-19-9-14)20-18(25-11)13-2-3-16-12(8-13)5-7-24-16/h2-3,8,10,14,19H,4-7,9H2,1H3. The minimum Gasteiger partial charge on any atom is -0.493 e. The van der Waals surface area contributed by atoms with Crippen LogP contribution in [0.25, 0.3) is 22.0 Å². The summed E-state index contributed by atoms with van der Waals surface area (Å²) in [6.45, 7) is 4.88. The van der Waals surface area contributed by atoms with Crippen molar-refractivity contribution in [1.29, 1.82) is 0 Å². The summed E-state index contributed by atoms with van der Waals surface area (Å²) in [7, 11) is 0. The maximum absolute atomic E-state index is 5.60. The number of aromatic nitrogens is 4. The first-order chi connectivity index (χ1) is 12.3. The molecule has 1 unspecified atom stereocenters. The summed E-state index contributed by atoms with van der Waals surface area (Å²) in [4.78, 5) is 6.03. The Morgan fingerprint density at radius 3 is 3.20 bits per heavy atom. The highest BCUT2D eigenvalue weighted by molar-refractivity contribution is 7.15. The molecule has 1 saturated heterocycles. The van der Waals surface area contributed by atoms with Gasteiger partial charge in [-0.05, 0) is 43.7 Å². The van der Waals surface area contributed by atoms with Crippen LogP contribution in [0.2, 0.25) is 0 Å². The van der Waals surface area contributed by atoms with Crippen molar-refractivity contribution in [1.82, 2.24) is 25.3 Å². The summed E-state index contributed by atoms with van der Waals surface area (Å²) in [6, 6.07) is 6.74. The molecule has 1 atom stereocenters. The molecule has 2 aromatic heterocycles. The van der Waals surface area contributed by atoms with Gasteiger partial charge < -0.3 is 10.1 Å². The van der Waals surface area contributed by atoms with E-state index in [2.05, 4.69) is 40.8 Å². The molecule has 0 aliphatic carbocycles. The Kier molecular flexibility index (Phi) is 3.57. The molecular weight excluding hydrogens is 334 g/mol. The van der Waals surface area contributed by atoms with Crippen molar-refractivity contribution in [3.63, 3.8) is 0 Å². The quantitative estimate of drug-likeness (QED) is 0.784. The van der Waals surface area contributed by atoms with Crippen LogP contribution >= 0.6 is 11.3 Å². The molecule has 0 bridgehead atoms. The monoisotopic (exact) mass is 353 g/mol. The van der Waals surface area contributed by atoms with Crippen LogP contribution in [0.4, 0.5) is 0 Å². The van der Waals surface area contributed by atoms with Crippen LogP contribution in [0.3, 0.4) is 0 Å². The summed E-state index contributed by atoms with van der Waals surface area (Å²) < 4.78 is 7.57. The second kappa shape index (κ2) is 5.93. The number of thiazole rings is 1. The highest BCUT2D eigenvalue weighted by Gasteiger charge is 2.21. The third-order valence-electron chi connectivity index (χ3n) is 4.89. The van der Waals surface area contributed by atoms with Crippen molar-refractivity contribution in [3.05, 3.63) is 34.8 Å². The molecule has 2 aliphatic rings. The lowest BCUT2D eigenvalue weighted by Crippen LogP contribution is -2.13. The normalized spacial score (nSPS) is 19.2. The van der Waals surface area contributed by atoms with Gasteiger partial charge in [-0.1, -0.05) is 5.21 Å². The fraction of sp³-hybridized carbons (Fsp3) is 0.389. The van der Waals surface area contributed by atoms with E-state index in [9.17, 15) is 0 Å². The van der Waals surface area contributed by atoms with Crippen LogP contribution in [0.15, 0.2) is 24.4 Å². The Balaban J connectivity index is 1.47. The number of nitrogens with zero attached hydrogens (tertiary/aromatic N) is 4. The average Bonchev–Trinajstić information content (AvgIpc) is 3.39. The maximum Gasteiger partial charge on any atom is 0.132 e. The molecule has 5 rings (SSSR count). The van der Waals surface area contributed by atoms with Crippen molar-refractivity contribution in [2.45, 2.75) is 25.8 Å². The van der Waals surface area contributed by atoms with E-state index in [0.29, 0.717) is 6.04 Å². The number of benzene rings is 1. The van der Waals surface area contributed by atoms with Crippen molar-refractivity contribution in [3.8, 4) is 27.7 Å². The van der Waals surface area contributed by atoms with E-state index in [4.69, 9.17) is 9.72 Å². The summed E-state index contributed by atoms with van der Waals surface area (Å²) in [5.41, 5.74) is 4.22. The van der Waals surface area contributed by atoms with E-state index >= 15 is 0 Å². The summed E-state index contributed by atoms with van der Waals surface area (Å²) in [5.74, 6) is 1.00. The minimum atomic E-state index is 0.399. The van der Waals surface area contributed by atoms with Crippen LogP contribution in [-0.2, 0) is 6.42 Å². The molecule has 1 fully saturated rings. The topological polar surface area (TPSA) is 64.9 Å². The molecule has 2 aliphatic heterocycles. The second-order valence-corrected chi connectivity index (χ2v) is 7.78. The lowest BCUT2D eigenvalue weighted by molar-refractivity contribution is 0.357. The molecule has 0 amide bonds. The second-order valence-electron chi connectivity index (χ2n) is 6.58. The predicted octanol–water partition coefficient (Wildman–Crippen LogP) is 2.85. The first-order valence-electron chi connectivity index (χ1n) is 8.64. The Morgan fingerprint density at radius 1 is 1.36 bits per heavy atom. The Bertz CT molecular complexity index is 925. The van der Waals surface area contributed by atoms with Crippen LogP contribution in [0.1, 0.15) is 22.9 Å². The van der Waals surface area contributed by atoms with Crippen LogP contribution in [-0.4, -0.2) is 39.7 Å². The van der Waals surface area contributed by atoms with Crippen molar-refractivity contribution < 1.29 is 4.74 Å². The molecule has 0 spiro atoms. The van der Waals surface area contributed by atoms with Gasteiger partial charge in [0.2, 0.25) is 0 Å². The molecule has 7 heteroatoms. The molecule has 4 heterocycles. The lowest BCUT2D eigenvalue weighted by Gasteiger charge is -2.05. The van der Waals surface area contributed by atoms with Gasteiger partial charge in [0.25, 0.3) is 0 Å². The molecule has 3 aromatic rings. The number of ether oxygens (including phenoxy) is 1. The largest absolute Gasteiger partial charge is 0.493 e. The number of aryl methyl sites for hydroxylation is 1. The van der Waals surface area contributed by atoms with Crippen LogP contribution < -0.4 is 10.1 Å². The van der Waals surface area contributed by atoms with Gasteiger partial charge in [0.15, 0.2) is 0 Å². The summed E-state index contributed by atoms with van der Waals surface area (Å²) >= 11 is 1.71. The van der Waals surface area contributed by atoms with Gasteiger partial charge in [-0.15, -0.1) is 16.4 Å². The molecule has 1 N–H and O–H groups in total. The van der Waals surface area contributed by atoms with E-state index in [-0.39, 0.29) is 0 Å². The highest BCUT2D eigenvalue weighted by atomic mass is 32.1. The van der Waals surface area contributed by atoms with E-state index < -0.39 is 0 Å². The number of rotatable bonds is 3. The van der Waals surface area contributed by atoms with E-state index in [1.165, 1.54) is 10.4 Å². The predicted molar refractivity (Wildman–Crippen MR) is 97.0 cm³/mol. The zero-order valence-electron chi connectivity index (χ0n) is 14.0. The molecule has 1 aromatic carbocycles. The minimum absolute atomic E-state index is 0.399. The molecular formula is C18H19N5OS.